The van der Waals surface area contributed by atoms with Crippen molar-refractivity contribution in [1.29, 1.82) is 0 Å². The van der Waals surface area contributed by atoms with E-state index >= 15 is 0 Å². The number of piperazine rings is 1. The van der Waals surface area contributed by atoms with E-state index in [2.05, 4.69) is 56.1 Å². The number of anilines is 2. The Hall–Kier alpha value is -2.32. The monoisotopic (exact) mass is 396 g/mol. The number of aromatic nitrogens is 4. The summed E-state index contributed by atoms with van der Waals surface area (Å²) in [4.78, 5) is 26.7. The predicted molar refractivity (Wildman–Crippen MR) is 113 cm³/mol. The highest BCUT2D eigenvalue weighted by Gasteiger charge is 2.23. The Morgan fingerprint density at radius 2 is 1.74 bits per heavy atom. The predicted octanol–water partition coefficient (Wildman–Crippen LogP) is 3.89. The molecule has 4 aromatic heterocycles. The third-order valence-electron chi connectivity index (χ3n) is 4.98. The van der Waals surface area contributed by atoms with Gasteiger partial charge in [0.05, 0.1) is 10.8 Å². The third kappa shape index (κ3) is 2.93. The van der Waals surface area contributed by atoms with Crippen molar-refractivity contribution in [2.24, 2.45) is 0 Å². The molecule has 0 bridgehead atoms. The topological polar surface area (TPSA) is 58.0 Å². The van der Waals surface area contributed by atoms with Crippen molar-refractivity contribution in [1.82, 2.24) is 19.9 Å². The smallest absolute Gasteiger partial charge is 0.141 e. The summed E-state index contributed by atoms with van der Waals surface area (Å²) >= 11 is 3.42. The minimum absolute atomic E-state index is 0.858. The third-order valence-corrected chi connectivity index (χ3v) is 6.74. The molecule has 0 atom stereocenters. The van der Waals surface area contributed by atoms with Gasteiger partial charge in [-0.3, -0.25) is 0 Å². The molecule has 1 fully saturated rings. The van der Waals surface area contributed by atoms with Gasteiger partial charge in [0.15, 0.2) is 0 Å². The van der Waals surface area contributed by atoms with Crippen LogP contribution in [-0.2, 0) is 6.42 Å². The first kappa shape index (κ1) is 16.8. The van der Waals surface area contributed by atoms with E-state index < -0.39 is 0 Å². The van der Waals surface area contributed by atoms with E-state index in [1.807, 2.05) is 0 Å². The SMILES string of the molecule is CCc1nc(N2CCN(c3ncnc4sc(C)cc34)CC2)c2ccsc2n1. The highest BCUT2D eigenvalue weighted by molar-refractivity contribution is 7.18. The number of aryl methyl sites for hydroxylation is 2. The van der Waals surface area contributed by atoms with Crippen LogP contribution >= 0.6 is 22.7 Å². The van der Waals surface area contributed by atoms with Crippen molar-refractivity contribution in [3.63, 3.8) is 0 Å². The van der Waals surface area contributed by atoms with Gasteiger partial charge in [0.25, 0.3) is 0 Å². The average Bonchev–Trinajstić information content (AvgIpc) is 3.32. The van der Waals surface area contributed by atoms with E-state index in [1.54, 1.807) is 29.0 Å². The molecule has 0 amide bonds. The number of fused-ring (bicyclic) bond motifs is 2. The second kappa shape index (κ2) is 6.69. The van der Waals surface area contributed by atoms with Crippen LogP contribution in [0.25, 0.3) is 20.4 Å². The van der Waals surface area contributed by atoms with Gasteiger partial charge in [-0.15, -0.1) is 22.7 Å². The molecular weight excluding hydrogens is 376 g/mol. The Balaban J connectivity index is 1.43. The summed E-state index contributed by atoms with van der Waals surface area (Å²) in [5, 5.41) is 4.45. The molecule has 27 heavy (non-hydrogen) atoms. The number of hydrogen-bond acceptors (Lipinski definition) is 8. The van der Waals surface area contributed by atoms with Crippen LogP contribution in [0.15, 0.2) is 23.8 Å². The highest BCUT2D eigenvalue weighted by atomic mass is 32.1. The molecule has 0 saturated carbocycles. The molecule has 0 aromatic carbocycles. The molecular formula is C19H20N6S2. The van der Waals surface area contributed by atoms with Crippen molar-refractivity contribution in [3.8, 4) is 0 Å². The van der Waals surface area contributed by atoms with Crippen molar-refractivity contribution >= 4 is 54.7 Å². The van der Waals surface area contributed by atoms with Crippen molar-refractivity contribution in [3.05, 3.63) is 34.5 Å². The van der Waals surface area contributed by atoms with Crippen LogP contribution < -0.4 is 9.80 Å². The Morgan fingerprint density at radius 3 is 2.52 bits per heavy atom. The average molecular weight is 397 g/mol. The summed E-state index contributed by atoms with van der Waals surface area (Å²) in [5.41, 5.74) is 0. The van der Waals surface area contributed by atoms with Crippen LogP contribution in [-0.4, -0.2) is 46.1 Å². The molecule has 1 aliphatic heterocycles. The molecule has 0 radical (unpaired) electrons. The molecule has 1 aliphatic rings. The molecule has 0 N–H and O–H groups in total. The van der Waals surface area contributed by atoms with Gasteiger partial charge in [0.2, 0.25) is 0 Å². The lowest BCUT2D eigenvalue weighted by Crippen LogP contribution is -2.47. The summed E-state index contributed by atoms with van der Waals surface area (Å²) in [6, 6.07) is 4.35. The van der Waals surface area contributed by atoms with Crippen LogP contribution in [0.4, 0.5) is 11.6 Å². The van der Waals surface area contributed by atoms with E-state index in [0.29, 0.717) is 0 Å². The molecule has 0 aliphatic carbocycles. The lowest BCUT2D eigenvalue weighted by Gasteiger charge is -2.36. The molecule has 5 heterocycles. The van der Waals surface area contributed by atoms with E-state index in [4.69, 9.17) is 4.98 Å². The van der Waals surface area contributed by atoms with Gasteiger partial charge in [-0.1, -0.05) is 6.92 Å². The molecule has 4 aromatic rings. The first-order chi connectivity index (χ1) is 13.2. The zero-order valence-corrected chi connectivity index (χ0v) is 17.0. The largest absolute Gasteiger partial charge is 0.352 e. The van der Waals surface area contributed by atoms with E-state index in [0.717, 1.165) is 59.7 Å². The summed E-state index contributed by atoms with van der Waals surface area (Å²) < 4.78 is 0. The lowest BCUT2D eigenvalue weighted by molar-refractivity contribution is 0.643. The van der Waals surface area contributed by atoms with Gasteiger partial charge in [-0.05, 0) is 24.4 Å². The van der Waals surface area contributed by atoms with Crippen LogP contribution in [0.2, 0.25) is 0 Å². The van der Waals surface area contributed by atoms with Crippen LogP contribution in [0.1, 0.15) is 17.6 Å². The Kier molecular flexibility index (Phi) is 4.17. The van der Waals surface area contributed by atoms with Gasteiger partial charge >= 0.3 is 0 Å². The second-order valence-electron chi connectivity index (χ2n) is 6.70. The molecule has 0 unspecified atom stereocenters. The number of hydrogen-bond donors (Lipinski definition) is 0. The molecule has 1 saturated heterocycles. The Labute approximate surface area is 165 Å². The highest BCUT2D eigenvalue weighted by Crippen LogP contribution is 2.32. The summed E-state index contributed by atoms with van der Waals surface area (Å²) in [6.45, 7) is 7.95. The van der Waals surface area contributed by atoms with Crippen LogP contribution in [0.3, 0.4) is 0 Å². The summed E-state index contributed by atoms with van der Waals surface area (Å²) in [5.74, 6) is 3.06. The maximum Gasteiger partial charge on any atom is 0.141 e. The van der Waals surface area contributed by atoms with Gasteiger partial charge in [0.1, 0.15) is 33.4 Å². The van der Waals surface area contributed by atoms with E-state index in [1.165, 1.54) is 15.6 Å². The fourth-order valence-corrected chi connectivity index (χ4v) is 5.25. The van der Waals surface area contributed by atoms with Gasteiger partial charge in [-0.25, -0.2) is 19.9 Å². The minimum Gasteiger partial charge on any atom is -0.352 e. The fourth-order valence-electron chi connectivity index (χ4n) is 3.63. The van der Waals surface area contributed by atoms with E-state index in [-0.39, 0.29) is 0 Å². The van der Waals surface area contributed by atoms with Crippen LogP contribution in [0.5, 0.6) is 0 Å². The van der Waals surface area contributed by atoms with Gasteiger partial charge < -0.3 is 9.80 Å². The first-order valence-corrected chi connectivity index (χ1v) is 10.9. The Morgan fingerprint density at radius 1 is 0.963 bits per heavy atom. The van der Waals surface area contributed by atoms with Crippen molar-refractivity contribution in [2.75, 3.05) is 36.0 Å². The summed E-state index contributed by atoms with van der Waals surface area (Å²) in [7, 11) is 0. The second-order valence-corrected chi connectivity index (χ2v) is 8.83. The zero-order valence-electron chi connectivity index (χ0n) is 15.3. The quantitative estimate of drug-likeness (QED) is 0.524. The maximum absolute atomic E-state index is 4.85. The van der Waals surface area contributed by atoms with Crippen molar-refractivity contribution < 1.29 is 0 Å². The molecule has 0 spiro atoms. The summed E-state index contributed by atoms with van der Waals surface area (Å²) in [6.07, 6.45) is 2.55. The standard InChI is InChI=1S/C19H20N6S2/c1-3-15-22-17(13-4-9-26-19(13)23-15)25-7-5-24(6-8-25)16-14-10-12(2)27-18(14)21-11-20-16/h4,9-11H,3,5-8H2,1-2H3. The maximum atomic E-state index is 4.85. The number of nitrogens with zero attached hydrogens (tertiary/aromatic N) is 6. The number of rotatable bonds is 3. The molecule has 138 valence electrons. The minimum atomic E-state index is 0.858. The normalized spacial score (nSPS) is 15.2. The number of thiophene rings is 2. The van der Waals surface area contributed by atoms with Gasteiger partial charge in [-0.2, -0.15) is 0 Å². The molecule has 5 rings (SSSR count). The lowest BCUT2D eigenvalue weighted by atomic mass is 10.2. The molecule has 6 nitrogen and oxygen atoms in total. The Bertz CT molecular complexity index is 1110. The van der Waals surface area contributed by atoms with E-state index in [9.17, 15) is 0 Å². The first-order valence-electron chi connectivity index (χ1n) is 9.18. The van der Waals surface area contributed by atoms with Gasteiger partial charge in [0, 0.05) is 37.5 Å². The molecule has 8 heteroatoms. The fraction of sp³-hybridized carbons (Fsp3) is 0.368. The van der Waals surface area contributed by atoms with Crippen LogP contribution in [0, 0.1) is 6.92 Å². The van der Waals surface area contributed by atoms with Crippen molar-refractivity contribution in [2.45, 2.75) is 20.3 Å². The zero-order chi connectivity index (χ0) is 18.4.